The molecule has 0 aromatic heterocycles. The van der Waals surface area contributed by atoms with Crippen molar-refractivity contribution in [3.05, 3.63) is 34.9 Å². The SMILES string of the molecule is CCCCCS(=O)Cc1ccc(C#N)cc1C. The van der Waals surface area contributed by atoms with Crippen LogP contribution in [-0.4, -0.2) is 9.96 Å². The lowest BCUT2D eigenvalue weighted by atomic mass is 10.1. The Bertz CT molecular complexity index is 434. The Hall–Kier alpha value is -1.14. The van der Waals surface area contributed by atoms with Crippen molar-refractivity contribution < 1.29 is 4.21 Å². The fourth-order valence-electron chi connectivity index (χ4n) is 1.69. The summed E-state index contributed by atoms with van der Waals surface area (Å²) in [6, 6.07) is 7.69. The van der Waals surface area contributed by atoms with Crippen LogP contribution in [0.3, 0.4) is 0 Å². The van der Waals surface area contributed by atoms with E-state index in [2.05, 4.69) is 13.0 Å². The molecule has 2 nitrogen and oxygen atoms in total. The fraction of sp³-hybridized carbons (Fsp3) is 0.500. The van der Waals surface area contributed by atoms with Crippen molar-refractivity contribution in [1.82, 2.24) is 0 Å². The van der Waals surface area contributed by atoms with E-state index in [0.717, 1.165) is 36.1 Å². The molecule has 1 atom stereocenters. The average Bonchev–Trinajstić information content (AvgIpc) is 2.32. The van der Waals surface area contributed by atoms with Crippen LogP contribution in [0.15, 0.2) is 18.2 Å². The molecule has 0 fully saturated rings. The molecule has 0 saturated carbocycles. The summed E-state index contributed by atoms with van der Waals surface area (Å²) in [5.41, 5.74) is 2.83. The topological polar surface area (TPSA) is 40.9 Å². The number of nitrogens with zero attached hydrogens (tertiary/aromatic N) is 1. The van der Waals surface area contributed by atoms with Crippen molar-refractivity contribution >= 4 is 10.8 Å². The van der Waals surface area contributed by atoms with E-state index in [9.17, 15) is 4.21 Å². The molecule has 0 amide bonds. The summed E-state index contributed by atoms with van der Waals surface area (Å²) in [6.07, 6.45) is 3.35. The van der Waals surface area contributed by atoms with Gasteiger partial charge in [-0.2, -0.15) is 5.26 Å². The molecule has 0 spiro atoms. The van der Waals surface area contributed by atoms with Gasteiger partial charge in [-0.15, -0.1) is 0 Å². The molecule has 92 valence electrons. The van der Waals surface area contributed by atoms with Gasteiger partial charge in [-0.1, -0.05) is 25.8 Å². The van der Waals surface area contributed by atoms with Crippen molar-refractivity contribution in [3.63, 3.8) is 0 Å². The highest BCUT2D eigenvalue weighted by atomic mass is 32.2. The molecule has 1 aromatic carbocycles. The standard InChI is InChI=1S/C14H19NOS/c1-3-4-5-8-17(16)11-14-7-6-13(10-15)9-12(14)2/h6-7,9H,3-5,8,11H2,1-2H3. The maximum Gasteiger partial charge on any atom is 0.0991 e. The Balaban J connectivity index is 2.57. The Morgan fingerprint density at radius 2 is 2.12 bits per heavy atom. The summed E-state index contributed by atoms with van der Waals surface area (Å²) in [5, 5.41) is 8.77. The molecule has 0 bridgehead atoms. The van der Waals surface area contributed by atoms with Gasteiger partial charge >= 0.3 is 0 Å². The van der Waals surface area contributed by atoms with Crippen LogP contribution in [0, 0.1) is 18.3 Å². The van der Waals surface area contributed by atoms with Gasteiger partial charge in [0, 0.05) is 22.3 Å². The van der Waals surface area contributed by atoms with Crippen LogP contribution in [0.5, 0.6) is 0 Å². The third-order valence-corrected chi connectivity index (χ3v) is 4.14. The number of rotatable bonds is 6. The van der Waals surface area contributed by atoms with Crippen LogP contribution < -0.4 is 0 Å². The van der Waals surface area contributed by atoms with Gasteiger partial charge in [-0.3, -0.25) is 4.21 Å². The van der Waals surface area contributed by atoms with Crippen LogP contribution >= 0.6 is 0 Å². The molecule has 0 saturated heterocycles. The first-order chi connectivity index (χ1) is 8.17. The summed E-state index contributed by atoms with van der Waals surface area (Å²) in [4.78, 5) is 0. The summed E-state index contributed by atoms with van der Waals surface area (Å²) in [6.45, 7) is 4.12. The van der Waals surface area contributed by atoms with Gasteiger partial charge in [0.25, 0.3) is 0 Å². The first-order valence-corrected chi connectivity index (χ1v) is 7.50. The lowest BCUT2D eigenvalue weighted by molar-refractivity contribution is 0.675. The number of nitriles is 1. The zero-order valence-electron chi connectivity index (χ0n) is 10.5. The lowest BCUT2D eigenvalue weighted by Gasteiger charge is -2.06. The van der Waals surface area contributed by atoms with Crippen molar-refractivity contribution in [1.29, 1.82) is 5.26 Å². The summed E-state index contributed by atoms with van der Waals surface area (Å²) in [5.74, 6) is 1.40. The molecule has 0 aliphatic heterocycles. The normalized spacial score (nSPS) is 12.1. The van der Waals surface area contributed by atoms with E-state index >= 15 is 0 Å². The first kappa shape index (κ1) is 13.9. The number of hydrogen-bond donors (Lipinski definition) is 0. The summed E-state index contributed by atoms with van der Waals surface area (Å²) >= 11 is 0. The van der Waals surface area contributed by atoms with Gasteiger partial charge in [0.1, 0.15) is 0 Å². The number of unbranched alkanes of at least 4 members (excludes halogenated alkanes) is 2. The van der Waals surface area contributed by atoms with E-state index in [1.165, 1.54) is 0 Å². The zero-order chi connectivity index (χ0) is 12.7. The second-order valence-corrected chi connectivity index (χ2v) is 5.83. The third kappa shape index (κ3) is 4.70. The summed E-state index contributed by atoms with van der Waals surface area (Å²) < 4.78 is 11.8. The van der Waals surface area contributed by atoms with Gasteiger partial charge in [0.05, 0.1) is 11.6 Å². The van der Waals surface area contributed by atoms with E-state index in [1.807, 2.05) is 19.1 Å². The Labute approximate surface area is 106 Å². The van der Waals surface area contributed by atoms with Crippen LogP contribution in [0.4, 0.5) is 0 Å². The van der Waals surface area contributed by atoms with Crippen molar-refractivity contribution in [2.75, 3.05) is 5.75 Å². The smallest absolute Gasteiger partial charge is 0.0991 e. The van der Waals surface area contributed by atoms with Gasteiger partial charge in [0.15, 0.2) is 0 Å². The monoisotopic (exact) mass is 249 g/mol. The Morgan fingerprint density at radius 1 is 1.35 bits per heavy atom. The minimum Gasteiger partial charge on any atom is -0.259 e. The molecule has 0 aliphatic rings. The molecule has 0 heterocycles. The second-order valence-electron chi connectivity index (χ2n) is 4.25. The highest BCUT2D eigenvalue weighted by Crippen LogP contribution is 2.13. The van der Waals surface area contributed by atoms with Crippen molar-refractivity contribution in [2.45, 2.75) is 38.9 Å². The van der Waals surface area contributed by atoms with E-state index in [0.29, 0.717) is 11.3 Å². The lowest BCUT2D eigenvalue weighted by Crippen LogP contribution is -2.02. The maximum absolute atomic E-state index is 11.8. The third-order valence-electron chi connectivity index (χ3n) is 2.76. The minimum atomic E-state index is -0.774. The molecule has 17 heavy (non-hydrogen) atoms. The van der Waals surface area contributed by atoms with Crippen LogP contribution in [-0.2, 0) is 16.6 Å². The Morgan fingerprint density at radius 3 is 2.71 bits per heavy atom. The molecule has 1 rings (SSSR count). The highest BCUT2D eigenvalue weighted by Gasteiger charge is 2.05. The average molecular weight is 249 g/mol. The van der Waals surface area contributed by atoms with Crippen molar-refractivity contribution in [3.8, 4) is 6.07 Å². The van der Waals surface area contributed by atoms with E-state index in [-0.39, 0.29) is 0 Å². The largest absolute Gasteiger partial charge is 0.259 e. The number of hydrogen-bond acceptors (Lipinski definition) is 2. The van der Waals surface area contributed by atoms with Crippen molar-refractivity contribution in [2.24, 2.45) is 0 Å². The van der Waals surface area contributed by atoms with Crippen LogP contribution in [0.25, 0.3) is 0 Å². The number of benzene rings is 1. The quantitative estimate of drug-likeness (QED) is 0.726. The molecule has 1 aromatic rings. The zero-order valence-corrected chi connectivity index (χ0v) is 11.3. The van der Waals surface area contributed by atoms with Gasteiger partial charge in [-0.25, -0.2) is 0 Å². The van der Waals surface area contributed by atoms with Crippen LogP contribution in [0.1, 0.15) is 42.9 Å². The van der Waals surface area contributed by atoms with Gasteiger partial charge in [-0.05, 0) is 36.6 Å². The maximum atomic E-state index is 11.8. The van der Waals surface area contributed by atoms with Gasteiger partial charge < -0.3 is 0 Å². The van der Waals surface area contributed by atoms with Crippen LogP contribution in [0.2, 0.25) is 0 Å². The fourth-order valence-corrected chi connectivity index (χ4v) is 3.03. The molecule has 0 N–H and O–H groups in total. The molecule has 3 heteroatoms. The molecular weight excluding hydrogens is 230 g/mol. The number of aryl methyl sites for hydroxylation is 1. The summed E-state index contributed by atoms with van der Waals surface area (Å²) in [7, 11) is -0.774. The van der Waals surface area contributed by atoms with E-state index < -0.39 is 10.8 Å². The highest BCUT2D eigenvalue weighted by molar-refractivity contribution is 7.84. The second kappa shape index (κ2) is 7.24. The molecule has 0 radical (unpaired) electrons. The molecule has 1 unspecified atom stereocenters. The minimum absolute atomic E-state index is 0.612. The predicted octanol–water partition coefficient (Wildman–Crippen LogP) is 3.31. The molecule has 0 aliphatic carbocycles. The first-order valence-electron chi connectivity index (χ1n) is 6.02. The van der Waals surface area contributed by atoms with E-state index in [4.69, 9.17) is 5.26 Å². The molecular formula is C14H19NOS. The van der Waals surface area contributed by atoms with Gasteiger partial charge in [0.2, 0.25) is 0 Å². The Kier molecular flexibility index (Phi) is 5.93. The van der Waals surface area contributed by atoms with E-state index in [1.54, 1.807) is 6.07 Å². The predicted molar refractivity (Wildman–Crippen MR) is 72.1 cm³/mol.